The summed E-state index contributed by atoms with van der Waals surface area (Å²) in [6.07, 6.45) is 0. The number of methoxy groups -OCH3 is 1. The Bertz CT molecular complexity index is 1120. The number of thiazole rings is 1. The standard InChI is InChI=1S/C17H15ClN4O4S/c1-4-22-11-6-5-9(18)7-10(11)13(23)12(21-22)15(24)20-17-19-8(2)14(27-17)16(25)26-3/h5-7H,4H2,1-3H3,(H,19,20,24). The predicted octanol–water partition coefficient (Wildman–Crippen LogP) is 2.87. The fourth-order valence-corrected chi connectivity index (χ4v) is 3.59. The van der Waals surface area contributed by atoms with E-state index in [0.29, 0.717) is 28.2 Å². The third kappa shape index (κ3) is 3.56. The molecule has 0 saturated heterocycles. The van der Waals surface area contributed by atoms with Gasteiger partial charge in [-0.25, -0.2) is 9.78 Å². The van der Waals surface area contributed by atoms with Gasteiger partial charge in [0.15, 0.2) is 10.8 Å². The fourth-order valence-electron chi connectivity index (χ4n) is 2.54. The first kappa shape index (κ1) is 19.0. The van der Waals surface area contributed by atoms with Gasteiger partial charge >= 0.3 is 5.97 Å². The molecule has 0 unspecified atom stereocenters. The summed E-state index contributed by atoms with van der Waals surface area (Å²) in [6, 6.07) is 4.85. The smallest absolute Gasteiger partial charge is 0.350 e. The molecule has 0 fully saturated rings. The highest BCUT2D eigenvalue weighted by Crippen LogP contribution is 2.23. The van der Waals surface area contributed by atoms with Crippen molar-refractivity contribution in [2.24, 2.45) is 0 Å². The van der Waals surface area contributed by atoms with Crippen molar-refractivity contribution in [1.82, 2.24) is 14.8 Å². The van der Waals surface area contributed by atoms with E-state index in [1.165, 1.54) is 13.2 Å². The number of halogens is 1. The number of hydrogen-bond donors (Lipinski definition) is 1. The van der Waals surface area contributed by atoms with E-state index in [1.54, 1.807) is 23.7 Å². The van der Waals surface area contributed by atoms with E-state index in [-0.39, 0.29) is 15.7 Å². The number of carbonyl (C=O) groups is 2. The van der Waals surface area contributed by atoms with Crippen LogP contribution in [0.1, 0.15) is 32.8 Å². The van der Waals surface area contributed by atoms with Crippen molar-refractivity contribution in [3.63, 3.8) is 0 Å². The number of nitrogens with one attached hydrogen (secondary N) is 1. The second-order valence-electron chi connectivity index (χ2n) is 5.53. The molecule has 8 nitrogen and oxygen atoms in total. The number of fused-ring (bicyclic) bond motifs is 1. The van der Waals surface area contributed by atoms with Crippen molar-refractivity contribution < 1.29 is 14.3 Å². The lowest BCUT2D eigenvalue weighted by atomic mass is 10.2. The average Bonchev–Trinajstić information content (AvgIpc) is 3.01. The Kier molecular flexibility index (Phi) is 5.24. The van der Waals surface area contributed by atoms with Crippen LogP contribution in [0.15, 0.2) is 23.0 Å². The first-order chi connectivity index (χ1) is 12.8. The summed E-state index contributed by atoms with van der Waals surface area (Å²) in [5, 5.41) is 7.54. The van der Waals surface area contributed by atoms with E-state index < -0.39 is 17.3 Å². The molecule has 10 heteroatoms. The Hall–Kier alpha value is -2.78. The molecule has 0 atom stereocenters. The Morgan fingerprint density at radius 2 is 2.11 bits per heavy atom. The fraction of sp³-hybridized carbons (Fsp3) is 0.235. The van der Waals surface area contributed by atoms with Crippen LogP contribution in [-0.2, 0) is 11.3 Å². The largest absolute Gasteiger partial charge is 0.465 e. The summed E-state index contributed by atoms with van der Waals surface area (Å²) in [5.41, 5.74) is 0.197. The second kappa shape index (κ2) is 7.45. The van der Waals surface area contributed by atoms with E-state index in [0.717, 1.165) is 11.3 Å². The van der Waals surface area contributed by atoms with Crippen molar-refractivity contribution >= 4 is 50.8 Å². The van der Waals surface area contributed by atoms with E-state index in [2.05, 4.69) is 20.1 Å². The number of aryl methyl sites for hydroxylation is 2. The van der Waals surface area contributed by atoms with Gasteiger partial charge in [-0.2, -0.15) is 5.10 Å². The lowest BCUT2D eigenvalue weighted by Gasteiger charge is -2.10. The molecule has 1 N–H and O–H groups in total. The minimum absolute atomic E-state index is 0.174. The topological polar surface area (TPSA) is 103 Å². The number of amides is 1. The number of anilines is 1. The van der Waals surface area contributed by atoms with Gasteiger partial charge < -0.3 is 4.74 Å². The van der Waals surface area contributed by atoms with Crippen LogP contribution >= 0.6 is 22.9 Å². The highest BCUT2D eigenvalue weighted by molar-refractivity contribution is 7.17. The third-order valence-electron chi connectivity index (χ3n) is 3.82. The van der Waals surface area contributed by atoms with Gasteiger partial charge in [-0.15, -0.1) is 0 Å². The lowest BCUT2D eigenvalue weighted by Crippen LogP contribution is -2.27. The first-order valence-electron chi connectivity index (χ1n) is 7.93. The average molecular weight is 407 g/mol. The van der Waals surface area contributed by atoms with Crippen molar-refractivity contribution in [2.45, 2.75) is 20.4 Å². The third-order valence-corrected chi connectivity index (χ3v) is 5.11. The number of benzene rings is 1. The summed E-state index contributed by atoms with van der Waals surface area (Å²) in [7, 11) is 1.26. The van der Waals surface area contributed by atoms with Crippen molar-refractivity contribution in [1.29, 1.82) is 0 Å². The van der Waals surface area contributed by atoms with E-state index in [9.17, 15) is 14.4 Å². The van der Waals surface area contributed by atoms with E-state index in [4.69, 9.17) is 11.6 Å². The molecule has 0 aliphatic heterocycles. The minimum Gasteiger partial charge on any atom is -0.465 e. The number of rotatable bonds is 4. The summed E-state index contributed by atoms with van der Waals surface area (Å²) >= 11 is 6.95. The van der Waals surface area contributed by atoms with Crippen LogP contribution in [0.4, 0.5) is 5.13 Å². The zero-order valence-corrected chi connectivity index (χ0v) is 16.3. The summed E-state index contributed by atoms with van der Waals surface area (Å²) in [5.74, 6) is -1.26. The Labute approximate surface area is 162 Å². The molecule has 0 radical (unpaired) electrons. The Morgan fingerprint density at radius 1 is 1.37 bits per heavy atom. The Morgan fingerprint density at radius 3 is 2.78 bits per heavy atom. The molecule has 0 bridgehead atoms. The lowest BCUT2D eigenvalue weighted by molar-refractivity contribution is 0.0605. The van der Waals surface area contributed by atoms with Gasteiger partial charge in [-0.1, -0.05) is 22.9 Å². The maximum Gasteiger partial charge on any atom is 0.350 e. The van der Waals surface area contributed by atoms with Crippen LogP contribution in [0.2, 0.25) is 5.02 Å². The first-order valence-corrected chi connectivity index (χ1v) is 9.12. The maximum atomic E-state index is 12.7. The molecule has 0 aliphatic carbocycles. The quantitative estimate of drug-likeness (QED) is 0.668. The Balaban J connectivity index is 2.02. The molecule has 2 aromatic heterocycles. The van der Waals surface area contributed by atoms with Gasteiger partial charge in [0, 0.05) is 11.6 Å². The van der Waals surface area contributed by atoms with Crippen molar-refractivity contribution in [2.75, 3.05) is 12.4 Å². The van der Waals surface area contributed by atoms with E-state index >= 15 is 0 Å². The molecular weight excluding hydrogens is 392 g/mol. The maximum absolute atomic E-state index is 12.7. The van der Waals surface area contributed by atoms with Gasteiger partial charge in [0.1, 0.15) is 4.88 Å². The van der Waals surface area contributed by atoms with Crippen LogP contribution in [0.5, 0.6) is 0 Å². The number of ether oxygens (including phenoxy) is 1. The number of hydrogen-bond acceptors (Lipinski definition) is 7. The molecule has 0 spiro atoms. The van der Waals surface area contributed by atoms with Gasteiger partial charge in [-0.05, 0) is 32.0 Å². The molecule has 2 heterocycles. The number of carbonyl (C=O) groups excluding carboxylic acids is 2. The van der Waals surface area contributed by atoms with Gasteiger partial charge in [0.05, 0.1) is 23.7 Å². The molecule has 1 aromatic carbocycles. The molecule has 0 aliphatic rings. The molecule has 3 aromatic rings. The summed E-state index contributed by atoms with van der Waals surface area (Å²) in [6.45, 7) is 3.93. The highest BCUT2D eigenvalue weighted by Gasteiger charge is 2.21. The highest BCUT2D eigenvalue weighted by atomic mass is 35.5. The monoisotopic (exact) mass is 406 g/mol. The minimum atomic E-state index is -0.714. The number of esters is 1. The zero-order valence-electron chi connectivity index (χ0n) is 14.7. The number of nitrogens with zero attached hydrogens (tertiary/aromatic N) is 3. The van der Waals surface area contributed by atoms with Crippen LogP contribution in [-0.4, -0.2) is 33.8 Å². The number of aromatic nitrogens is 3. The predicted molar refractivity (Wildman–Crippen MR) is 103 cm³/mol. The summed E-state index contributed by atoms with van der Waals surface area (Å²) < 4.78 is 6.22. The molecule has 0 saturated carbocycles. The van der Waals surface area contributed by atoms with Gasteiger partial charge in [0.25, 0.3) is 5.91 Å². The van der Waals surface area contributed by atoms with Crippen molar-refractivity contribution in [3.05, 3.63) is 49.7 Å². The second-order valence-corrected chi connectivity index (χ2v) is 6.97. The molecular formula is C17H15ClN4O4S. The van der Waals surface area contributed by atoms with Gasteiger partial charge in [0.2, 0.25) is 5.43 Å². The normalized spacial score (nSPS) is 10.8. The van der Waals surface area contributed by atoms with E-state index in [1.807, 2.05) is 6.92 Å². The molecule has 3 rings (SSSR count). The van der Waals surface area contributed by atoms with Crippen LogP contribution < -0.4 is 10.7 Å². The van der Waals surface area contributed by atoms with Crippen LogP contribution in [0, 0.1) is 6.92 Å². The molecule has 140 valence electrons. The van der Waals surface area contributed by atoms with Gasteiger partial charge in [-0.3, -0.25) is 19.6 Å². The summed E-state index contributed by atoms with van der Waals surface area (Å²) in [4.78, 5) is 41.4. The zero-order chi connectivity index (χ0) is 19.7. The molecule has 27 heavy (non-hydrogen) atoms. The van der Waals surface area contributed by atoms with Crippen LogP contribution in [0.25, 0.3) is 10.9 Å². The molecule has 1 amide bonds. The van der Waals surface area contributed by atoms with Crippen LogP contribution in [0.3, 0.4) is 0 Å². The van der Waals surface area contributed by atoms with Crippen molar-refractivity contribution in [3.8, 4) is 0 Å². The SMILES string of the molecule is CCn1nc(C(=O)Nc2nc(C)c(C(=O)OC)s2)c(=O)c2cc(Cl)ccc21.